The zero-order valence-corrected chi connectivity index (χ0v) is 25.6. The smallest absolute Gasteiger partial charge is 0.208 e. The van der Waals surface area contributed by atoms with Gasteiger partial charge in [-0.15, -0.1) is 0 Å². The van der Waals surface area contributed by atoms with Crippen molar-refractivity contribution < 1.29 is 0 Å². The number of nitrogens with zero attached hydrogens (tertiary/aromatic N) is 3. The first-order valence-electron chi connectivity index (χ1n) is 15.0. The standard InChI is InChI=1S/C41H30ClN3/c1-3-4-7-17-28(2)41(30-20-10-6-11-21-30)35-26-15-14-24-33(35)37-34(25-16-27-36(37)41)39-43-38(44-40(42)45-39)32-23-13-12-22-31(32)29-18-8-5-9-19-29/h3-27H,2H2,1H3/b4-3-,17-7-. The van der Waals surface area contributed by atoms with Gasteiger partial charge in [0, 0.05) is 11.1 Å². The topological polar surface area (TPSA) is 38.7 Å². The minimum Gasteiger partial charge on any atom is -0.208 e. The van der Waals surface area contributed by atoms with Gasteiger partial charge in [-0.05, 0) is 63.0 Å². The van der Waals surface area contributed by atoms with Crippen LogP contribution in [0.25, 0.3) is 45.0 Å². The van der Waals surface area contributed by atoms with Crippen LogP contribution in [0.4, 0.5) is 0 Å². The molecular formula is C41H30ClN3. The molecule has 45 heavy (non-hydrogen) atoms. The molecule has 4 heteroatoms. The molecule has 7 rings (SSSR count). The number of fused-ring (bicyclic) bond motifs is 3. The van der Waals surface area contributed by atoms with Gasteiger partial charge in [-0.2, -0.15) is 9.97 Å². The highest BCUT2D eigenvalue weighted by Crippen LogP contribution is 2.58. The molecule has 1 aliphatic rings. The first-order valence-corrected chi connectivity index (χ1v) is 15.3. The van der Waals surface area contributed by atoms with Gasteiger partial charge in [0.05, 0.1) is 5.41 Å². The highest BCUT2D eigenvalue weighted by molar-refractivity contribution is 6.28. The Labute approximate surface area is 269 Å². The molecule has 1 unspecified atom stereocenters. The molecule has 0 amide bonds. The largest absolute Gasteiger partial charge is 0.226 e. The van der Waals surface area contributed by atoms with E-state index in [2.05, 4.69) is 115 Å². The van der Waals surface area contributed by atoms with Crippen LogP contribution in [0.15, 0.2) is 164 Å². The van der Waals surface area contributed by atoms with Gasteiger partial charge in [-0.25, -0.2) is 4.98 Å². The highest BCUT2D eigenvalue weighted by Gasteiger charge is 2.47. The third kappa shape index (κ3) is 4.82. The lowest BCUT2D eigenvalue weighted by Crippen LogP contribution is -2.28. The van der Waals surface area contributed by atoms with Crippen molar-refractivity contribution in [3.8, 4) is 45.0 Å². The van der Waals surface area contributed by atoms with Gasteiger partial charge in [-0.1, -0.05) is 158 Å². The quantitative estimate of drug-likeness (QED) is 0.171. The molecule has 216 valence electrons. The lowest BCUT2D eigenvalue weighted by atomic mass is 9.67. The number of aromatic nitrogens is 3. The zero-order valence-electron chi connectivity index (χ0n) is 24.9. The van der Waals surface area contributed by atoms with E-state index in [-0.39, 0.29) is 5.28 Å². The van der Waals surface area contributed by atoms with Gasteiger partial charge in [-0.3, -0.25) is 0 Å². The summed E-state index contributed by atoms with van der Waals surface area (Å²) in [5.74, 6) is 1.06. The number of hydrogen-bond donors (Lipinski definition) is 0. The van der Waals surface area contributed by atoms with Crippen molar-refractivity contribution in [2.45, 2.75) is 12.3 Å². The molecule has 1 heterocycles. The van der Waals surface area contributed by atoms with E-state index >= 15 is 0 Å². The minimum absolute atomic E-state index is 0.148. The fourth-order valence-electron chi connectivity index (χ4n) is 6.59. The molecule has 1 atom stereocenters. The van der Waals surface area contributed by atoms with Gasteiger partial charge < -0.3 is 0 Å². The van der Waals surface area contributed by atoms with Crippen LogP contribution in [0.5, 0.6) is 0 Å². The molecule has 0 fully saturated rings. The summed E-state index contributed by atoms with van der Waals surface area (Å²) >= 11 is 6.68. The Hall–Kier alpha value is -5.38. The summed E-state index contributed by atoms with van der Waals surface area (Å²) < 4.78 is 0. The summed E-state index contributed by atoms with van der Waals surface area (Å²) in [6.07, 6.45) is 8.22. The predicted octanol–water partition coefficient (Wildman–Crippen LogP) is 10.5. The Morgan fingerprint density at radius 3 is 1.91 bits per heavy atom. The molecule has 6 aromatic rings. The van der Waals surface area contributed by atoms with Crippen LogP contribution >= 0.6 is 11.6 Å². The lowest BCUT2D eigenvalue weighted by Gasteiger charge is -2.34. The molecule has 0 saturated heterocycles. The van der Waals surface area contributed by atoms with Crippen LogP contribution in [0.1, 0.15) is 23.6 Å². The molecule has 1 aromatic heterocycles. The maximum Gasteiger partial charge on any atom is 0.226 e. The van der Waals surface area contributed by atoms with E-state index in [0.717, 1.165) is 50.1 Å². The van der Waals surface area contributed by atoms with Crippen LogP contribution in [0.3, 0.4) is 0 Å². The summed E-state index contributed by atoms with van der Waals surface area (Å²) in [7, 11) is 0. The number of hydrogen-bond acceptors (Lipinski definition) is 3. The van der Waals surface area contributed by atoms with Crippen LogP contribution in [0.2, 0.25) is 5.28 Å². The van der Waals surface area contributed by atoms with Crippen molar-refractivity contribution >= 4 is 11.6 Å². The second kappa shape index (κ2) is 12.0. The average Bonchev–Trinajstić information content (AvgIpc) is 3.40. The monoisotopic (exact) mass is 599 g/mol. The van der Waals surface area contributed by atoms with E-state index < -0.39 is 5.41 Å². The van der Waals surface area contributed by atoms with Crippen LogP contribution in [0, 0.1) is 0 Å². The number of halogens is 1. The second-order valence-corrected chi connectivity index (χ2v) is 11.3. The second-order valence-electron chi connectivity index (χ2n) is 11.0. The zero-order chi connectivity index (χ0) is 30.8. The van der Waals surface area contributed by atoms with Crippen molar-refractivity contribution in [3.63, 3.8) is 0 Å². The number of benzene rings is 5. The van der Waals surface area contributed by atoms with E-state index in [0.29, 0.717) is 11.6 Å². The molecule has 0 saturated carbocycles. The molecule has 0 aliphatic heterocycles. The molecule has 3 nitrogen and oxygen atoms in total. The first-order chi connectivity index (χ1) is 22.1. The van der Waals surface area contributed by atoms with Gasteiger partial charge in [0.1, 0.15) is 0 Å². The fourth-order valence-corrected chi connectivity index (χ4v) is 6.75. The molecule has 0 N–H and O–H groups in total. The Bertz CT molecular complexity index is 2100. The van der Waals surface area contributed by atoms with E-state index in [9.17, 15) is 0 Å². The molecular weight excluding hydrogens is 570 g/mol. The summed E-state index contributed by atoms with van der Waals surface area (Å²) in [6.45, 7) is 6.69. The predicted molar refractivity (Wildman–Crippen MR) is 186 cm³/mol. The van der Waals surface area contributed by atoms with Gasteiger partial charge in [0.2, 0.25) is 5.28 Å². The maximum absolute atomic E-state index is 6.68. The van der Waals surface area contributed by atoms with Crippen LogP contribution in [-0.2, 0) is 5.41 Å². The van der Waals surface area contributed by atoms with Crippen LogP contribution < -0.4 is 0 Å². The number of allylic oxidation sites excluding steroid dienone is 5. The first kappa shape index (κ1) is 28.4. The van der Waals surface area contributed by atoms with Crippen LogP contribution in [-0.4, -0.2) is 15.0 Å². The molecule has 0 radical (unpaired) electrons. The molecule has 5 aromatic carbocycles. The summed E-state index contributed by atoms with van der Waals surface area (Å²) in [5.41, 5.74) is 9.90. The van der Waals surface area contributed by atoms with E-state index in [1.54, 1.807) is 0 Å². The van der Waals surface area contributed by atoms with Crippen molar-refractivity contribution in [1.82, 2.24) is 15.0 Å². The Balaban J connectivity index is 1.48. The van der Waals surface area contributed by atoms with Crippen molar-refractivity contribution in [2.75, 3.05) is 0 Å². The number of rotatable bonds is 7. The average molecular weight is 600 g/mol. The third-order valence-corrected chi connectivity index (χ3v) is 8.63. The SMILES string of the molecule is C=C(/C=C\C=C/C)C1(c2ccccc2)c2ccccc2-c2c(-c3nc(Cl)nc(-c4ccccc4-c4ccccc4)n3)cccc21. The summed E-state index contributed by atoms with van der Waals surface area (Å²) in [5, 5.41) is 0.148. The van der Waals surface area contributed by atoms with E-state index in [1.807, 2.05) is 55.5 Å². The van der Waals surface area contributed by atoms with E-state index in [4.69, 9.17) is 21.6 Å². The Morgan fingerprint density at radius 2 is 1.18 bits per heavy atom. The van der Waals surface area contributed by atoms with Gasteiger partial charge in [0.25, 0.3) is 0 Å². The van der Waals surface area contributed by atoms with Gasteiger partial charge in [0.15, 0.2) is 11.6 Å². The Morgan fingerprint density at radius 1 is 0.600 bits per heavy atom. The Kier molecular flexibility index (Phi) is 7.54. The molecule has 0 bridgehead atoms. The van der Waals surface area contributed by atoms with Crippen molar-refractivity contribution in [1.29, 1.82) is 0 Å². The lowest BCUT2D eigenvalue weighted by molar-refractivity contribution is 0.770. The van der Waals surface area contributed by atoms with Crippen molar-refractivity contribution in [2.24, 2.45) is 0 Å². The third-order valence-electron chi connectivity index (χ3n) is 8.46. The highest BCUT2D eigenvalue weighted by atomic mass is 35.5. The fraction of sp³-hybridized carbons (Fsp3) is 0.0488. The summed E-state index contributed by atoms with van der Waals surface area (Å²) in [4.78, 5) is 14.4. The minimum atomic E-state index is -0.610. The summed E-state index contributed by atoms with van der Waals surface area (Å²) in [6, 6.07) is 43.9. The normalized spacial score (nSPS) is 15.3. The molecule has 0 spiro atoms. The van der Waals surface area contributed by atoms with Gasteiger partial charge >= 0.3 is 0 Å². The van der Waals surface area contributed by atoms with E-state index in [1.165, 1.54) is 5.56 Å². The molecule has 1 aliphatic carbocycles. The van der Waals surface area contributed by atoms with Crippen molar-refractivity contribution in [3.05, 3.63) is 186 Å². The maximum atomic E-state index is 6.68.